The van der Waals surface area contributed by atoms with Crippen molar-refractivity contribution in [3.63, 3.8) is 0 Å². The second-order valence-electron chi connectivity index (χ2n) is 35.3. The van der Waals surface area contributed by atoms with Crippen LogP contribution in [0.5, 0.6) is 0 Å². The topological polar surface area (TPSA) is 86.2 Å². The number of halogens is 4. The predicted molar refractivity (Wildman–Crippen MR) is 626 cm³/mol. The van der Waals surface area contributed by atoms with Crippen LogP contribution in [0.25, 0.3) is 0 Å². The largest absolute Gasteiger partial charge is 0 e. The van der Waals surface area contributed by atoms with E-state index in [0.29, 0.717) is 30.1 Å². The average Bonchev–Trinajstić information content (AvgIpc) is 0.781. The number of rotatable bonds is 20. The minimum absolute atomic E-state index is 0. The van der Waals surface area contributed by atoms with Crippen molar-refractivity contribution in [1.82, 2.24) is 0 Å². The molecule has 0 spiro atoms. The first-order valence-electron chi connectivity index (χ1n) is 47.4. The summed E-state index contributed by atoms with van der Waals surface area (Å²) >= 11 is 11.1. The van der Waals surface area contributed by atoms with E-state index in [-0.39, 0.29) is 74.3 Å². The standard InChI is InChI=1S/3C26H29OP.C18H22ClP.C8H8O.C4H10O.4C3H8.4CH3.3ClH.4Ni/c3*1-17-12-19(3)25(20(4)13-17)28(16-24(27)23-10-8-7-9-11-23)26-21(5)14-18(2)15-22(26)6;1-11-7-13(3)17(14(4)8-11)20(19)18-15(5)9-12(2)10-16(18)6;1-7(9)8-5-3-2-4-6-8;1-3-5-4-2;4*1-3-2;;;;;;;;;;;/h3*7-15H,16H2,1-6H3;7-10H,1-6H3;2-6H,1H3;3-4H2,1-2H3;4*3H2,1-2H3;4*1H3;3*1H;;;;/q;;;;;;;;;;4*-1;;;;;;+1;+2/p+3. The van der Waals surface area contributed by atoms with Gasteiger partial charge in [0.15, 0.2) is 23.9 Å². The van der Waals surface area contributed by atoms with Crippen LogP contribution in [-0.2, 0) is 64.9 Å². The van der Waals surface area contributed by atoms with E-state index in [1.54, 1.807) is 6.92 Å². The Morgan fingerprint density at radius 1 is 0.312 bits per heavy atom. The van der Waals surface area contributed by atoms with E-state index >= 15 is 0 Å². The van der Waals surface area contributed by atoms with Gasteiger partial charge < -0.3 is 34.4 Å². The number of ether oxygens (including phenoxy) is 1. The normalized spacial score (nSPS) is 9.79. The molecule has 789 valence electrons. The summed E-state index contributed by atoms with van der Waals surface area (Å²) in [6, 6.07) is 75.1. The van der Waals surface area contributed by atoms with Crippen LogP contribution in [0.3, 0.4) is 0 Å². The van der Waals surface area contributed by atoms with Crippen molar-refractivity contribution < 1.29 is 105 Å². The van der Waals surface area contributed by atoms with Gasteiger partial charge in [-0.05, 0) is 319 Å². The van der Waals surface area contributed by atoms with E-state index in [2.05, 4.69) is 364 Å². The first kappa shape index (κ1) is 146. The molecule has 17 heteroatoms. The van der Waals surface area contributed by atoms with E-state index in [1.807, 2.05) is 135 Å². The monoisotopic (exact) mass is 2240 g/mol. The Morgan fingerprint density at radius 3 is 0.638 bits per heavy atom. The number of ketones is 4. The van der Waals surface area contributed by atoms with Crippen LogP contribution < -0.4 is 42.4 Å². The summed E-state index contributed by atoms with van der Waals surface area (Å²) < 4.78 is 4.83. The van der Waals surface area contributed by atoms with Gasteiger partial charge in [-0.2, -0.15) is 0 Å². The van der Waals surface area contributed by atoms with E-state index in [9.17, 15) is 19.2 Å². The van der Waals surface area contributed by atoms with Gasteiger partial charge in [0, 0.05) is 74.1 Å². The second-order valence-corrected chi connectivity index (χ2v) is 46.3. The summed E-state index contributed by atoms with van der Waals surface area (Å²) in [5.41, 5.74) is 34.9. The summed E-state index contributed by atoms with van der Waals surface area (Å²) in [6.07, 6.45) is 6.95. The van der Waals surface area contributed by atoms with Crippen molar-refractivity contribution in [2.45, 2.75) is 268 Å². The van der Waals surface area contributed by atoms with E-state index in [4.69, 9.17) is 16.0 Å². The average molecular weight is 2250 g/mol. The fourth-order valence-electron chi connectivity index (χ4n) is 17.3. The molecule has 0 radical (unpaired) electrons. The van der Waals surface area contributed by atoms with Crippen molar-refractivity contribution in [2.75, 3.05) is 31.7 Å². The SMILES string of the molecule is CC(=O)c1ccccc1.CCC.CCC.CCC.CCC.CCOCC.Cc1cc(C)c(P(CC(=O)c2ccccc2)c2c(C)cc(C)cc2C)c(C)c1.Cc1cc(C)c(P(Cl)c2c(C)cc(C)cc2C)c(C)c1.Cc1cc(C)c([PH+](CC(=[OH+])c2ccccc2)c2c(C)cc(C)cc2C)c(C)c1.Cc1cc(C)c([PH+](CC(=[OH+])c2ccccc2)c2c(C)cc(C)cc2C)c(C)c1.[CH3-].[CH3-].[CH3-].[CH3-].[ClH+][Ni][ClH+].[Cl][Ni].[Ni].[Ni]. The summed E-state index contributed by atoms with van der Waals surface area (Å²) in [6.45, 7) is 76.7. The van der Waals surface area contributed by atoms with Crippen LogP contribution in [0.1, 0.15) is 267 Å². The zero-order valence-corrected chi connectivity index (χ0v) is 104. The zero-order valence-electron chi connectivity index (χ0n) is 93.0. The molecule has 0 bridgehead atoms. The molecule has 0 fully saturated rings. The number of aryl methyl sites for hydroxylation is 24. The number of hydrogen-bond acceptors (Lipinski definition) is 3. The van der Waals surface area contributed by atoms with Crippen molar-refractivity contribution >= 4 is 118 Å². The maximum atomic E-state index is 13.2. The molecular weight excluding hydrogens is 2070 g/mol. The molecule has 12 aromatic rings. The molecule has 0 saturated carbocycles. The van der Waals surface area contributed by atoms with Crippen LogP contribution in [-0.4, -0.2) is 64.4 Å². The van der Waals surface area contributed by atoms with E-state index in [1.165, 1.54) is 202 Å². The third kappa shape index (κ3) is 50.1. The molecule has 0 aliphatic carbocycles. The Bertz CT molecular complexity index is 4790. The van der Waals surface area contributed by atoms with Gasteiger partial charge in [-0.25, -0.2) is 0 Å². The van der Waals surface area contributed by atoms with Crippen molar-refractivity contribution in [2.24, 2.45) is 0 Å². The molecule has 0 atom stereocenters. The summed E-state index contributed by atoms with van der Waals surface area (Å²) in [7, 11) is 8.60. The van der Waals surface area contributed by atoms with Crippen LogP contribution in [0.4, 0.5) is 0 Å². The third-order valence-corrected chi connectivity index (χ3v) is 34.5. The third-order valence-electron chi connectivity index (χ3n) is 21.3. The van der Waals surface area contributed by atoms with Gasteiger partial charge in [-0.15, -0.1) is 0 Å². The van der Waals surface area contributed by atoms with Crippen LogP contribution in [0, 0.1) is 216 Å². The maximum absolute atomic E-state index is 13.2. The van der Waals surface area contributed by atoms with Gasteiger partial charge in [-0.3, -0.25) is 19.2 Å². The van der Waals surface area contributed by atoms with Crippen molar-refractivity contribution in [3.05, 3.63) is 404 Å². The predicted octanol–water partition coefficient (Wildman–Crippen LogP) is 32.1. The van der Waals surface area contributed by atoms with Crippen molar-refractivity contribution in [1.29, 1.82) is 0 Å². The smallest absolute Gasteiger partial charge is 0 e. The molecule has 2 N–H and O–H groups in total. The first-order valence-corrected chi connectivity index (χ1v) is 58.9. The summed E-state index contributed by atoms with van der Waals surface area (Å²) in [5.74, 6) is 1.34. The van der Waals surface area contributed by atoms with Crippen LogP contribution >= 0.6 is 52.5 Å². The molecule has 0 saturated heterocycles. The number of benzene rings is 12. The molecule has 0 heterocycles. The van der Waals surface area contributed by atoms with Gasteiger partial charge in [0.2, 0.25) is 0 Å². The Kier molecular flexibility index (Phi) is 82.0. The molecule has 0 aromatic heterocycles. The Hall–Kier alpha value is -5.87. The number of carbonyl (C=O) groups is 2. The fraction of sp³-hybridized carbons (Fsp3) is 0.355. The number of hydrogen-bond donors (Lipinski definition) is 0. The number of carbonyl (C=O) groups excluding carboxylic acids is 4. The molecule has 0 aliphatic rings. The molecule has 0 unspecified atom stereocenters. The number of Topliss-reactive ketones (excluding diaryl/α,β-unsaturated/α-hetero) is 2. The zero-order chi connectivity index (χ0) is 103. The second kappa shape index (κ2) is 79.3. The Balaban J connectivity index is -0.000000387. The maximum Gasteiger partial charge on any atom is 0 e. The molecular formula is C124H177Cl4Ni4O5P4+2. The van der Waals surface area contributed by atoms with E-state index in [0.717, 1.165) is 48.1 Å². The minimum atomic E-state index is -1.19. The van der Waals surface area contributed by atoms with Gasteiger partial charge in [0.1, 0.15) is 21.2 Å². The summed E-state index contributed by atoms with van der Waals surface area (Å²) in [4.78, 5) is 45.9. The first-order chi connectivity index (χ1) is 63.9. The van der Waals surface area contributed by atoms with Gasteiger partial charge in [0.25, 0.3) is 0 Å². The fourth-order valence-corrected chi connectivity index (χ4v) is 30.3. The van der Waals surface area contributed by atoms with Crippen LogP contribution in [0.2, 0.25) is 0 Å². The van der Waals surface area contributed by atoms with Gasteiger partial charge >= 0.3 is 69.4 Å². The molecule has 141 heavy (non-hydrogen) atoms. The molecule has 0 aliphatic heterocycles. The summed E-state index contributed by atoms with van der Waals surface area (Å²) in [5, 5.41) is 11.1. The van der Waals surface area contributed by atoms with Gasteiger partial charge in [0.05, 0.1) is 34.2 Å². The minimum Gasteiger partial charge on any atom is 0 e. The van der Waals surface area contributed by atoms with Crippen molar-refractivity contribution in [3.8, 4) is 0 Å². The van der Waals surface area contributed by atoms with Gasteiger partial charge in [-0.1, -0.05) is 331 Å². The quantitative estimate of drug-likeness (QED) is 0.0250. The Labute approximate surface area is 917 Å². The van der Waals surface area contributed by atoms with Crippen LogP contribution in [0.15, 0.2) is 218 Å². The van der Waals surface area contributed by atoms with E-state index < -0.39 is 31.0 Å². The Morgan fingerprint density at radius 2 is 0.475 bits per heavy atom. The molecule has 5 nitrogen and oxygen atoms in total. The molecule has 12 aromatic carbocycles. The molecule has 12 rings (SSSR count). The molecule has 0 amide bonds.